The van der Waals surface area contributed by atoms with Crippen molar-refractivity contribution in [3.8, 4) is 28.7 Å². The van der Waals surface area contributed by atoms with Crippen molar-refractivity contribution >= 4 is 182 Å². The number of ether oxygens (including phenoxy) is 6. The molecule has 0 aliphatic carbocycles. The molecule has 0 aliphatic heterocycles. The molecule has 0 radical (unpaired) electrons. The Labute approximate surface area is 795 Å². The van der Waals surface area contributed by atoms with Gasteiger partial charge in [0.05, 0.1) is 87.7 Å². The average Bonchev–Trinajstić information content (AvgIpc) is 1.63. The summed E-state index contributed by atoms with van der Waals surface area (Å²) in [5.74, 6) is -5.73. The number of carbonyl (C=O) groups is 15. The third-order valence-electron chi connectivity index (χ3n) is 18.7. The Kier molecular flexibility index (Phi) is 42.3. The van der Waals surface area contributed by atoms with Crippen LogP contribution in [-0.4, -0.2) is 184 Å². The molecule has 134 heavy (non-hydrogen) atoms. The molecule has 11 rings (SSSR count). The number of carbonyl (C=O) groups excluding carboxylic acids is 10. The Morgan fingerprint density at radius 3 is 0.896 bits per heavy atom. The number of amides is 5. The number of carboxylic acid groups (broad SMARTS) is 5. The summed E-state index contributed by atoms with van der Waals surface area (Å²) in [6, 6.07) is 42.5. The maximum atomic E-state index is 13.0. The fraction of sp³-hybridized carbons (Fsp3) is 0.274. The van der Waals surface area contributed by atoms with Crippen LogP contribution in [0.15, 0.2) is 164 Å². The van der Waals surface area contributed by atoms with E-state index >= 15 is 0 Å². The van der Waals surface area contributed by atoms with Crippen molar-refractivity contribution in [2.45, 2.75) is 106 Å². The molecule has 0 aliphatic rings. The summed E-state index contributed by atoms with van der Waals surface area (Å²) in [6.07, 6.45) is 5.61. The van der Waals surface area contributed by atoms with Gasteiger partial charge in [0.15, 0.2) is 40.3 Å². The number of aliphatic carboxylic acids is 4. The average molecular weight is 1950 g/mol. The van der Waals surface area contributed by atoms with E-state index < -0.39 is 71.9 Å². The highest BCUT2D eigenvalue weighted by atomic mass is 32.2. The molecule has 0 unspecified atom stereocenters. The Morgan fingerprint density at radius 1 is 0.328 bits per heavy atom. The van der Waals surface area contributed by atoms with Crippen LogP contribution in [0.25, 0.3) is 0 Å². The number of rotatable bonds is 42. The second-order valence-electron chi connectivity index (χ2n) is 29.1. The lowest BCUT2D eigenvalue weighted by Gasteiger charge is -2.21. The van der Waals surface area contributed by atoms with Crippen LogP contribution in [0.2, 0.25) is 0 Å². The summed E-state index contributed by atoms with van der Waals surface area (Å²) in [5.41, 5.74) is 2.95. The molecule has 33 nitrogen and oxygen atoms in total. The molecular weight excluding hydrogens is 1850 g/mol. The van der Waals surface area contributed by atoms with E-state index in [2.05, 4.69) is 36.6 Å². The number of methoxy groups -OCH3 is 5. The lowest BCUT2D eigenvalue weighted by molar-refractivity contribution is -0.143. The van der Waals surface area contributed by atoms with Gasteiger partial charge in [0.1, 0.15) is 67.0 Å². The maximum absolute atomic E-state index is 13.0. The lowest BCUT2D eigenvalue weighted by Crippen LogP contribution is -2.25. The summed E-state index contributed by atoms with van der Waals surface area (Å²) in [7, 11) is 7.74. The van der Waals surface area contributed by atoms with Crippen LogP contribution in [0.3, 0.4) is 0 Å². The molecule has 706 valence electrons. The predicted molar refractivity (Wildman–Crippen MR) is 513 cm³/mol. The van der Waals surface area contributed by atoms with Gasteiger partial charge in [-0.2, -0.15) is 0 Å². The third-order valence-corrected chi connectivity index (χ3v) is 25.6. The smallest absolute Gasteiger partial charge is 0.356 e. The first-order valence-corrected chi connectivity index (χ1v) is 46.3. The van der Waals surface area contributed by atoms with Crippen LogP contribution in [-0.2, 0) is 75.2 Å². The van der Waals surface area contributed by atoms with E-state index in [0.29, 0.717) is 116 Å². The number of aryl methyl sites for hydroxylation is 5. The van der Waals surface area contributed by atoms with Crippen LogP contribution in [0, 0.1) is 5.41 Å². The second-order valence-corrected chi connectivity index (χ2v) is 35.8. The quantitative estimate of drug-likeness (QED) is 0.0159. The number of hydrogen-bond acceptors (Lipinski definition) is 29. The number of carboxylic acids is 5. The molecule has 39 heteroatoms. The lowest BCUT2D eigenvalue weighted by atomic mass is 9.85. The minimum atomic E-state index is -1.36. The zero-order valence-electron chi connectivity index (χ0n) is 74.9. The molecule has 5 aromatic carbocycles. The molecule has 0 saturated carbocycles. The van der Waals surface area contributed by atoms with Gasteiger partial charge in [-0.05, 0) is 189 Å². The van der Waals surface area contributed by atoms with Crippen LogP contribution >= 0.6 is 68.4 Å². The molecule has 0 atom stereocenters. The molecule has 0 spiro atoms. The Bertz CT molecular complexity index is 5860. The molecule has 6 heterocycles. The second kappa shape index (κ2) is 52.9. The normalized spacial score (nSPS) is 10.5. The van der Waals surface area contributed by atoms with Crippen LogP contribution in [0.1, 0.15) is 199 Å². The molecule has 0 bridgehead atoms. The fourth-order valence-corrected chi connectivity index (χ4v) is 17.5. The molecule has 6 aromatic heterocycles. The van der Waals surface area contributed by atoms with Crippen molar-refractivity contribution in [3.63, 3.8) is 0 Å². The largest absolute Gasteiger partial charge is 0.497 e. The fourth-order valence-electron chi connectivity index (χ4n) is 12.0. The minimum Gasteiger partial charge on any atom is -0.497 e. The van der Waals surface area contributed by atoms with Gasteiger partial charge in [-0.3, -0.25) is 62.3 Å². The first-order chi connectivity index (χ1) is 63.9. The monoisotopic (exact) mass is 1950 g/mol. The number of nitrogens with one attached hydrogen (secondary N) is 5. The van der Waals surface area contributed by atoms with Gasteiger partial charge in [-0.15, -0.1) is 68.4 Å². The summed E-state index contributed by atoms with van der Waals surface area (Å²) in [5, 5.41) is 59.7. The third kappa shape index (κ3) is 32.8. The highest BCUT2D eigenvalue weighted by molar-refractivity contribution is 8.00. The Morgan fingerprint density at radius 2 is 0.619 bits per heavy atom. The number of anilines is 5. The Balaban J connectivity index is 0.000000229. The van der Waals surface area contributed by atoms with Gasteiger partial charge >= 0.3 is 29.8 Å². The standard InChI is InChI=1S/C21H25NO5S.C20H17N3O5S.C18H19NO6S.C18H19NO5S2.C18H19NO5S/c1-5-15-10-16(19(26)13-6-8-14(27-4)9-7-13)20(28-15)22-17(23)11-21(2,3)12-18(24)25;1-3-13-10-14(17(24)11-4-6-12(28-2)7-5-11)19(29-13)23-18(25)15-16(20(26)27)22-9-8-21-15;2*1-3-13-8-14(17(23)11-4-6-12(24-2)7-5-11)18(26-13)19-15(20)9-25-10-16(21)22;1-3-13-10-14(17(23)11-4-6-12(24-2)7-5-11)18(25-13)19-15(20)8-9-16(21)22/h6-10H,5,11-12H2,1-4H3,(H,22,23)(H,24,25);4-10H,3H2,1-2H3,(H,23,25)(H,26,27);2*4-8H,3,9-10H2,1-2H3,(H,19,20)(H,21,22);4-7,10H,3,8-9H2,1-2H3,(H,19,20)(H,21,22). The van der Waals surface area contributed by atoms with Crippen LogP contribution in [0.5, 0.6) is 28.7 Å². The van der Waals surface area contributed by atoms with Gasteiger partial charge < -0.3 is 80.5 Å². The summed E-state index contributed by atoms with van der Waals surface area (Å²) in [6.45, 7) is 12.3. The van der Waals surface area contributed by atoms with E-state index in [0.717, 1.165) is 61.8 Å². The molecule has 11 aromatic rings. The van der Waals surface area contributed by atoms with Crippen LogP contribution in [0.4, 0.5) is 25.0 Å². The van der Waals surface area contributed by atoms with E-state index in [1.807, 2.05) is 34.6 Å². The number of aromatic nitrogens is 2. The van der Waals surface area contributed by atoms with Crippen LogP contribution < -0.4 is 50.3 Å². The number of thiophene rings is 5. The van der Waals surface area contributed by atoms with Gasteiger partial charge in [0.25, 0.3) is 11.8 Å². The zero-order chi connectivity index (χ0) is 98.5. The minimum absolute atomic E-state index is 0.0157. The van der Waals surface area contributed by atoms with Crippen molar-refractivity contribution in [2.24, 2.45) is 5.41 Å². The van der Waals surface area contributed by atoms with E-state index in [9.17, 15) is 77.0 Å². The van der Waals surface area contributed by atoms with Crippen molar-refractivity contribution in [2.75, 3.05) is 86.9 Å². The topological polar surface area (TPSA) is 499 Å². The summed E-state index contributed by atoms with van der Waals surface area (Å²) < 4.78 is 30.3. The number of nitrogens with zero attached hydrogens (tertiary/aromatic N) is 2. The highest BCUT2D eigenvalue weighted by Gasteiger charge is 2.30. The number of benzene rings is 5. The molecule has 0 saturated heterocycles. The van der Waals surface area contributed by atoms with E-state index in [-0.39, 0.29) is 83.6 Å². The van der Waals surface area contributed by atoms with Crippen molar-refractivity contribution < 1.29 is 126 Å². The predicted octanol–water partition coefficient (Wildman–Crippen LogP) is 16.9. The van der Waals surface area contributed by atoms with E-state index in [1.165, 1.54) is 76.2 Å². The Hall–Kier alpha value is -14.0. The SMILES string of the molecule is CCc1cc(C(=O)c2ccc(OC)cc2)c(NC(=O)CC(C)(C)CC(=O)O)s1.CCc1cc(C(=O)c2ccc(OC)cc2)c(NC(=O)CCC(=O)O)s1.CCc1cc(C(=O)c2ccc(OC)cc2)c(NC(=O)COCC(=O)O)s1.CCc1cc(C(=O)c2ccc(OC)cc2)c(NC(=O)CSCC(=O)O)s1.CCc1cc(C(=O)c2ccc(OC)cc2)c(NC(=O)c2nccnc2C(=O)O)s1. The van der Waals surface area contributed by atoms with Crippen molar-refractivity contribution in [1.29, 1.82) is 0 Å². The van der Waals surface area contributed by atoms with Crippen molar-refractivity contribution in [3.05, 3.63) is 255 Å². The van der Waals surface area contributed by atoms with Gasteiger partial charge in [0.2, 0.25) is 17.7 Å². The van der Waals surface area contributed by atoms with Gasteiger partial charge in [-0.1, -0.05) is 48.5 Å². The maximum Gasteiger partial charge on any atom is 0.356 e. The van der Waals surface area contributed by atoms with E-state index in [4.69, 9.17) is 48.8 Å². The molecule has 5 amide bonds. The van der Waals surface area contributed by atoms with E-state index in [1.54, 1.807) is 194 Å². The number of aromatic carboxylic acids is 1. The molecular formula is C95H99N7O26S6. The molecule has 0 fully saturated rings. The first kappa shape index (κ1) is 107. The number of hydrogen-bond donors (Lipinski definition) is 10. The summed E-state index contributed by atoms with van der Waals surface area (Å²) in [4.78, 5) is 191. The van der Waals surface area contributed by atoms with Gasteiger partial charge in [-0.25, -0.2) is 19.6 Å². The zero-order valence-corrected chi connectivity index (χ0v) is 79.8. The number of thioether (sulfide) groups is 1. The number of ketones is 5. The van der Waals surface area contributed by atoms with Gasteiger partial charge in [0, 0.05) is 77.4 Å². The first-order valence-electron chi connectivity index (χ1n) is 41.1. The molecule has 10 N–H and O–H groups in total. The van der Waals surface area contributed by atoms with Crippen molar-refractivity contribution in [1.82, 2.24) is 9.97 Å². The highest BCUT2D eigenvalue weighted by Crippen LogP contribution is 2.38. The summed E-state index contributed by atoms with van der Waals surface area (Å²) >= 11 is 7.62.